The molecule has 0 bridgehead atoms. The molecule has 0 saturated heterocycles. The number of allylic oxidation sites excluding steroid dienone is 1. The van der Waals surface area contributed by atoms with Gasteiger partial charge in [0.2, 0.25) is 0 Å². The Morgan fingerprint density at radius 2 is 2.24 bits per heavy atom. The molecule has 17 heavy (non-hydrogen) atoms. The van der Waals surface area contributed by atoms with Crippen LogP contribution in [0.1, 0.15) is 38.2 Å². The van der Waals surface area contributed by atoms with Gasteiger partial charge in [-0.05, 0) is 39.7 Å². The molecule has 0 unspecified atom stereocenters. The van der Waals surface area contributed by atoms with E-state index in [-0.39, 0.29) is 0 Å². The predicted octanol–water partition coefficient (Wildman–Crippen LogP) is 2.84. The second-order valence-corrected chi connectivity index (χ2v) is 4.98. The average Bonchev–Trinajstić information content (AvgIpc) is 2.78. The van der Waals surface area contributed by atoms with Crippen molar-refractivity contribution in [2.45, 2.75) is 45.7 Å². The Balaban J connectivity index is 1.83. The number of aromatic nitrogens is 2. The van der Waals surface area contributed by atoms with E-state index in [4.69, 9.17) is 0 Å². The van der Waals surface area contributed by atoms with Crippen LogP contribution in [0.2, 0.25) is 0 Å². The van der Waals surface area contributed by atoms with E-state index >= 15 is 0 Å². The number of aryl methyl sites for hydroxylation is 1. The van der Waals surface area contributed by atoms with Gasteiger partial charge in [-0.3, -0.25) is 9.58 Å². The molecule has 0 aliphatic heterocycles. The molecule has 0 amide bonds. The zero-order valence-electron chi connectivity index (χ0n) is 11.0. The highest BCUT2D eigenvalue weighted by Gasteiger charge is 2.08. The Morgan fingerprint density at radius 3 is 2.88 bits per heavy atom. The summed E-state index contributed by atoms with van der Waals surface area (Å²) in [6, 6.07) is 0. The SMILES string of the molecule is CCn1cc(CN(C)CC2=CCCCC2)cn1. The summed E-state index contributed by atoms with van der Waals surface area (Å²) in [7, 11) is 2.19. The predicted molar refractivity (Wildman–Crippen MR) is 70.8 cm³/mol. The van der Waals surface area contributed by atoms with E-state index in [1.54, 1.807) is 5.57 Å². The minimum Gasteiger partial charge on any atom is -0.298 e. The lowest BCUT2D eigenvalue weighted by molar-refractivity contribution is 0.348. The monoisotopic (exact) mass is 233 g/mol. The van der Waals surface area contributed by atoms with Crippen LogP contribution in [0.5, 0.6) is 0 Å². The Kier molecular flexibility index (Phi) is 4.37. The molecule has 1 aliphatic carbocycles. The van der Waals surface area contributed by atoms with Crippen molar-refractivity contribution in [1.29, 1.82) is 0 Å². The van der Waals surface area contributed by atoms with Crippen LogP contribution in [0, 0.1) is 0 Å². The van der Waals surface area contributed by atoms with Gasteiger partial charge in [0.05, 0.1) is 6.20 Å². The van der Waals surface area contributed by atoms with Crippen molar-refractivity contribution in [3.05, 3.63) is 29.6 Å². The fourth-order valence-corrected chi connectivity index (χ4v) is 2.42. The molecule has 1 aromatic rings. The molecule has 1 aliphatic rings. The van der Waals surface area contributed by atoms with Crippen molar-refractivity contribution in [3.8, 4) is 0 Å². The molecule has 2 rings (SSSR count). The first kappa shape index (κ1) is 12.4. The Morgan fingerprint density at radius 1 is 1.35 bits per heavy atom. The van der Waals surface area contributed by atoms with Crippen molar-refractivity contribution in [1.82, 2.24) is 14.7 Å². The van der Waals surface area contributed by atoms with Crippen LogP contribution in [0.15, 0.2) is 24.0 Å². The molecule has 0 atom stereocenters. The highest BCUT2D eigenvalue weighted by Crippen LogP contribution is 2.18. The van der Waals surface area contributed by atoms with Crippen LogP contribution >= 0.6 is 0 Å². The minimum atomic E-state index is 0.953. The average molecular weight is 233 g/mol. The third kappa shape index (κ3) is 3.70. The van der Waals surface area contributed by atoms with Crippen LogP contribution in [0.4, 0.5) is 0 Å². The summed E-state index contributed by atoms with van der Waals surface area (Å²) >= 11 is 0. The summed E-state index contributed by atoms with van der Waals surface area (Å²) < 4.78 is 1.99. The van der Waals surface area contributed by atoms with Gasteiger partial charge in [-0.15, -0.1) is 0 Å². The molecule has 3 nitrogen and oxygen atoms in total. The van der Waals surface area contributed by atoms with Gasteiger partial charge in [0.15, 0.2) is 0 Å². The summed E-state index contributed by atoms with van der Waals surface area (Å²) in [5.41, 5.74) is 2.92. The first-order valence-corrected chi connectivity index (χ1v) is 6.65. The molecule has 3 heteroatoms. The van der Waals surface area contributed by atoms with Crippen molar-refractivity contribution in [2.24, 2.45) is 0 Å². The Hall–Kier alpha value is -1.09. The molecular weight excluding hydrogens is 210 g/mol. The van der Waals surface area contributed by atoms with E-state index in [0.717, 1.165) is 19.6 Å². The van der Waals surface area contributed by atoms with E-state index in [1.807, 2.05) is 10.9 Å². The van der Waals surface area contributed by atoms with Gasteiger partial charge in [-0.1, -0.05) is 11.6 Å². The zero-order valence-corrected chi connectivity index (χ0v) is 11.0. The Bertz CT molecular complexity index is 379. The second kappa shape index (κ2) is 6.01. The third-order valence-corrected chi connectivity index (χ3v) is 3.32. The first-order valence-electron chi connectivity index (χ1n) is 6.65. The van der Waals surface area contributed by atoms with Crippen LogP contribution in [0.3, 0.4) is 0 Å². The van der Waals surface area contributed by atoms with Crippen LogP contribution in [0.25, 0.3) is 0 Å². The molecule has 0 aromatic carbocycles. The standard InChI is InChI=1S/C14H23N3/c1-3-17-12-14(9-15-17)11-16(2)10-13-7-5-4-6-8-13/h7,9,12H,3-6,8,10-11H2,1-2H3. The van der Waals surface area contributed by atoms with Crippen molar-refractivity contribution < 1.29 is 0 Å². The Labute approximate surface area is 104 Å². The maximum absolute atomic E-state index is 4.31. The molecule has 1 aromatic heterocycles. The van der Waals surface area contributed by atoms with Crippen molar-refractivity contribution in [3.63, 3.8) is 0 Å². The van der Waals surface area contributed by atoms with Crippen LogP contribution < -0.4 is 0 Å². The first-order chi connectivity index (χ1) is 8.28. The highest BCUT2D eigenvalue weighted by molar-refractivity contribution is 5.09. The molecular formula is C14H23N3. The van der Waals surface area contributed by atoms with Gasteiger partial charge >= 0.3 is 0 Å². The molecule has 0 spiro atoms. The van der Waals surface area contributed by atoms with Gasteiger partial charge < -0.3 is 0 Å². The van der Waals surface area contributed by atoms with Gasteiger partial charge in [0.1, 0.15) is 0 Å². The number of rotatable bonds is 5. The number of nitrogens with zero attached hydrogens (tertiary/aromatic N) is 3. The summed E-state index contributed by atoms with van der Waals surface area (Å²) in [5, 5.41) is 4.31. The molecule has 1 heterocycles. The topological polar surface area (TPSA) is 21.1 Å². The van der Waals surface area contributed by atoms with Gasteiger partial charge in [0.25, 0.3) is 0 Å². The normalized spacial score (nSPS) is 16.3. The minimum absolute atomic E-state index is 0.953. The largest absolute Gasteiger partial charge is 0.298 e. The lowest BCUT2D eigenvalue weighted by atomic mass is 9.99. The highest BCUT2D eigenvalue weighted by atomic mass is 15.3. The van der Waals surface area contributed by atoms with Gasteiger partial charge in [-0.2, -0.15) is 5.10 Å². The van der Waals surface area contributed by atoms with Crippen molar-refractivity contribution in [2.75, 3.05) is 13.6 Å². The van der Waals surface area contributed by atoms with Gasteiger partial charge in [-0.25, -0.2) is 0 Å². The molecule has 0 N–H and O–H groups in total. The van der Waals surface area contributed by atoms with E-state index in [0.29, 0.717) is 0 Å². The van der Waals surface area contributed by atoms with E-state index in [1.165, 1.54) is 31.2 Å². The van der Waals surface area contributed by atoms with E-state index in [9.17, 15) is 0 Å². The third-order valence-electron chi connectivity index (χ3n) is 3.32. The lowest BCUT2D eigenvalue weighted by Gasteiger charge is -2.20. The molecule has 0 radical (unpaired) electrons. The molecule has 94 valence electrons. The van der Waals surface area contributed by atoms with E-state index < -0.39 is 0 Å². The summed E-state index contributed by atoms with van der Waals surface area (Å²) in [6.07, 6.45) is 11.9. The summed E-state index contributed by atoms with van der Waals surface area (Å²) in [5.74, 6) is 0. The summed E-state index contributed by atoms with van der Waals surface area (Å²) in [4.78, 5) is 2.38. The lowest BCUT2D eigenvalue weighted by Crippen LogP contribution is -2.21. The van der Waals surface area contributed by atoms with Crippen LogP contribution in [-0.2, 0) is 13.1 Å². The smallest absolute Gasteiger partial charge is 0.0534 e. The van der Waals surface area contributed by atoms with Gasteiger partial charge in [0, 0.05) is 31.4 Å². The number of likely N-dealkylation sites (N-methyl/N-ethyl adjacent to an activating group) is 1. The fourth-order valence-electron chi connectivity index (χ4n) is 2.42. The number of hydrogen-bond donors (Lipinski definition) is 0. The summed E-state index contributed by atoms with van der Waals surface area (Å²) in [6.45, 7) is 5.18. The maximum Gasteiger partial charge on any atom is 0.0534 e. The van der Waals surface area contributed by atoms with Crippen molar-refractivity contribution >= 4 is 0 Å². The molecule has 0 fully saturated rings. The zero-order chi connectivity index (χ0) is 12.1. The van der Waals surface area contributed by atoms with Crippen LogP contribution in [-0.4, -0.2) is 28.3 Å². The maximum atomic E-state index is 4.31. The quantitative estimate of drug-likeness (QED) is 0.729. The second-order valence-electron chi connectivity index (χ2n) is 4.98. The fraction of sp³-hybridized carbons (Fsp3) is 0.643. The molecule has 0 saturated carbocycles. The number of hydrogen-bond acceptors (Lipinski definition) is 2. The van der Waals surface area contributed by atoms with E-state index in [2.05, 4.69) is 36.2 Å².